The number of benzene rings is 1. The SMILES string of the molecule is N#Cc1ccc(N2CCCCC2)cc1Cl. The highest BCUT2D eigenvalue weighted by atomic mass is 35.5. The van der Waals surface area contributed by atoms with E-state index in [9.17, 15) is 0 Å². The van der Waals surface area contributed by atoms with Gasteiger partial charge in [0.2, 0.25) is 0 Å². The smallest absolute Gasteiger partial charge is 0.101 e. The molecule has 1 aliphatic heterocycles. The minimum Gasteiger partial charge on any atom is -0.371 e. The molecule has 0 aromatic heterocycles. The van der Waals surface area contributed by atoms with Crippen LogP contribution in [0, 0.1) is 11.3 Å². The maximum absolute atomic E-state index is 8.77. The first kappa shape index (κ1) is 10.3. The number of anilines is 1. The molecule has 0 atom stereocenters. The number of rotatable bonds is 1. The maximum Gasteiger partial charge on any atom is 0.101 e. The van der Waals surface area contributed by atoms with Crippen LogP contribution < -0.4 is 4.90 Å². The zero-order valence-corrected chi connectivity index (χ0v) is 9.30. The summed E-state index contributed by atoms with van der Waals surface area (Å²) in [6, 6.07) is 7.75. The molecule has 0 aliphatic carbocycles. The topological polar surface area (TPSA) is 27.0 Å². The van der Waals surface area contributed by atoms with Gasteiger partial charge in [-0.25, -0.2) is 0 Å². The van der Waals surface area contributed by atoms with Crippen LogP contribution in [0.1, 0.15) is 24.8 Å². The van der Waals surface area contributed by atoms with Gasteiger partial charge < -0.3 is 4.90 Å². The highest BCUT2D eigenvalue weighted by Crippen LogP contribution is 2.25. The molecule has 0 unspecified atom stereocenters. The Hall–Kier alpha value is -1.20. The van der Waals surface area contributed by atoms with E-state index < -0.39 is 0 Å². The Bertz CT molecular complexity index is 389. The van der Waals surface area contributed by atoms with E-state index in [0.29, 0.717) is 10.6 Å². The van der Waals surface area contributed by atoms with E-state index in [4.69, 9.17) is 16.9 Å². The van der Waals surface area contributed by atoms with Gasteiger partial charge in [0.05, 0.1) is 10.6 Å². The van der Waals surface area contributed by atoms with Crippen molar-refractivity contribution in [3.8, 4) is 6.07 Å². The second-order valence-electron chi connectivity index (χ2n) is 3.82. The first-order chi connectivity index (χ1) is 7.31. The summed E-state index contributed by atoms with van der Waals surface area (Å²) >= 11 is 6.00. The van der Waals surface area contributed by atoms with Crippen LogP contribution in [0.25, 0.3) is 0 Å². The summed E-state index contributed by atoms with van der Waals surface area (Å²) in [6.07, 6.45) is 3.82. The number of halogens is 1. The van der Waals surface area contributed by atoms with Gasteiger partial charge in [0.1, 0.15) is 6.07 Å². The Balaban J connectivity index is 2.22. The summed E-state index contributed by atoms with van der Waals surface area (Å²) in [6.45, 7) is 2.20. The van der Waals surface area contributed by atoms with E-state index in [1.54, 1.807) is 6.07 Å². The highest BCUT2D eigenvalue weighted by molar-refractivity contribution is 6.32. The number of hydrogen-bond donors (Lipinski definition) is 0. The standard InChI is InChI=1S/C12H13ClN2/c13-12-8-11(5-4-10(12)9-14)15-6-2-1-3-7-15/h4-5,8H,1-3,6-7H2. The molecule has 0 spiro atoms. The molecule has 0 saturated carbocycles. The lowest BCUT2D eigenvalue weighted by molar-refractivity contribution is 0.578. The molecule has 1 aromatic carbocycles. The van der Waals surface area contributed by atoms with Crippen molar-refractivity contribution >= 4 is 17.3 Å². The molecule has 2 rings (SSSR count). The fourth-order valence-corrected chi connectivity index (χ4v) is 2.16. The summed E-state index contributed by atoms with van der Waals surface area (Å²) in [5.74, 6) is 0. The molecule has 0 radical (unpaired) electrons. The van der Waals surface area contributed by atoms with Crippen LogP contribution in [-0.4, -0.2) is 13.1 Å². The zero-order chi connectivity index (χ0) is 10.7. The largest absolute Gasteiger partial charge is 0.371 e. The lowest BCUT2D eigenvalue weighted by atomic mass is 10.1. The molecule has 78 valence electrons. The van der Waals surface area contributed by atoms with Crippen LogP contribution in [0.15, 0.2) is 18.2 Å². The van der Waals surface area contributed by atoms with E-state index >= 15 is 0 Å². The van der Waals surface area contributed by atoms with Crippen molar-refractivity contribution in [3.63, 3.8) is 0 Å². The first-order valence-corrected chi connectivity index (χ1v) is 5.63. The van der Waals surface area contributed by atoms with Gasteiger partial charge in [-0.1, -0.05) is 11.6 Å². The first-order valence-electron chi connectivity index (χ1n) is 5.26. The number of nitriles is 1. The molecule has 2 nitrogen and oxygen atoms in total. The summed E-state index contributed by atoms with van der Waals surface area (Å²) in [5, 5.41) is 9.33. The Labute approximate surface area is 95.1 Å². The van der Waals surface area contributed by atoms with Crippen molar-refractivity contribution < 1.29 is 0 Å². The summed E-state index contributed by atoms with van der Waals surface area (Å²) in [5.41, 5.74) is 1.69. The van der Waals surface area contributed by atoms with Gasteiger partial charge in [-0.05, 0) is 37.5 Å². The van der Waals surface area contributed by atoms with Gasteiger partial charge in [0, 0.05) is 18.8 Å². The van der Waals surface area contributed by atoms with Crippen molar-refractivity contribution in [1.29, 1.82) is 5.26 Å². The quantitative estimate of drug-likeness (QED) is 0.727. The van der Waals surface area contributed by atoms with E-state index in [-0.39, 0.29) is 0 Å². The predicted molar refractivity (Wildman–Crippen MR) is 62.2 cm³/mol. The number of piperidine rings is 1. The highest BCUT2D eigenvalue weighted by Gasteiger charge is 2.11. The molecule has 0 amide bonds. The summed E-state index contributed by atoms with van der Waals surface area (Å²) < 4.78 is 0. The normalized spacial score (nSPS) is 16.1. The second kappa shape index (κ2) is 4.55. The Morgan fingerprint density at radius 3 is 2.53 bits per heavy atom. The third-order valence-corrected chi connectivity index (χ3v) is 3.11. The van der Waals surface area contributed by atoms with Gasteiger partial charge in [-0.3, -0.25) is 0 Å². The van der Waals surface area contributed by atoms with Crippen molar-refractivity contribution in [2.45, 2.75) is 19.3 Å². The molecule has 15 heavy (non-hydrogen) atoms. The zero-order valence-electron chi connectivity index (χ0n) is 8.54. The van der Waals surface area contributed by atoms with Crippen molar-refractivity contribution in [1.82, 2.24) is 0 Å². The lowest BCUT2D eigenvalue weighted by Gasteiger charge is -2.28. The van der Waals surface area contributed by atoms with Gasteiger partial charge in [-0.15, -0.1) is 0 Å². The molecule has 1 aliphatic rings. The second-order valence-corrected chi connectivity index (χ2v) is 4.23. The molecule has 0 N–H and O–H groups in total. The van der Waals surface area contributed by atoms with Crippen molar-refractivity contribution in [2.24, 2.45) is 0 Å². The predicted octanol–water partition coefficient (Wildman–Crippen LogP) is 3.20. The molecule has 3 heteroatoms. The summed E-state index contributed by atoms with van der Waals surface area (Å²) in [4.78, 5) is 2.33. The fraction of sp³-hybridized carbons (Fsp3) is 0.417. The number of nitrogens with zero attached hydrogens (tertiary/aromatic N) is 2. The Morgan fingerprint density at radius 1 is 1.20 bits per heavy atom. The average Bonchev–Trinajstić information content (AvgIpc) is 2.30. The van der Waals surface area contributed by atoms with Gasteiger partial charge in [0.25, 0.3) is 0 Å². The van der Waals surface area contributed by atoms with Crippen LogP contribution in [0.2, 0.25) is 5.02 Å². The molecule has 1 heterocycles. The molecule has 1 aromatic rings. The van der Waals surface area contributed by atoms with Crippen molar-refractivity contribution in [3.05, 3.63) is 28.8 Å². The third-order valence-electron chi connectivity index (χ3n) is 2.79. The van der Waals surface area contributed by atoms with E-state index in [2.05, 4.69) is 11.0 Å². The Kier molecular flexibility index (Phi) is 3.13. The van der Waals surface area contributed by atoms with Crippen molar-refractivity contribution in [2.75, 3.05) is 18.0 Å². The third kappa shape index (κ3) is 2.24. The van der Waals surface area contributed by atoms with Gasteiger partial charge in [0.15, 0.2) is 0 Å². The molecule has 0 bridgehead atoms. The molecule has 1 saturated heterocycles. The monoisotopic (exact) mass is 220 g/mol. The maximum atomic E-state index is 8.77. The number of hydrogen-bond acceptors (Lipinski definition) is 2. The molecule has 1 fully saturated rings. The van der Waals surface area contributed by atoms with Crippen LogP contribution in [0.3, 0.4) is 0 Å². The van der Waals surface area contributed by atoms with E-state index in [1.165, 1.54) is 19.3 Å². The van der Waals surface area contributed by atoms with Crippen LogP contribution in [0.5, 0.6) is 0 Å². The van der Waals surface area contributed by atoms with Gasteiger partial charge >= 0.3 is 0 Å². The average molecular weight is 221 g/mol. The minimum atomic E-state index is 0.553. The van der Waals surface area contributed by atoms with E-state index in [1.807, 2.05) is 12.1 Å². The van der Waals surface area contributed by atoms with Gasteiger partial charge in [-0.2, -0.15) is 5.26 Å². The molecular formula is C12H13ClN2. The van der Waals surface area contributed by atoms with Crippen LogP contribution in [0.4, 0.5) is 5.69 Å². The lowest BCUT2D eigenvalue weighted by Crippen LogP contribution is -2.29. The Morgan fingerprint density at radius 2 is 1.93 bits per heavy atom. The summed E-state index contributed by atoms with van der Waals surface area (Å²) in [7, 11) is 0. The van der Waals surface area contributed by atoms with Crippen LogP contribution >= 0.6 is 11.6 Å². The van der Waals surface area contributed by atoms with Crippen LogP contribution in [-0.2, 0) is 0 Å². The fourth-order valence-electron chi connectivity index (χ4n) is 1.94. The minimum absolute atomic E-state index is 0.553. The van der Waals surface area contributed by atoms with E-state index in [0.717, 1.165) is 18.8 Å². The molecular weight excluding hydrogens is 208 g/mol.